The lowest BCUT2D eigenvalue weighted by molar-refractivity contribution is -0.125. The molecule has 3 heterocycles. The minimum atomic E-state index is -0.00780. The van der Waals surface area contributed by atoms with Crippen molar-refractivity contribution in [2.45, 2.75) is 19.4 Å². The van der Waals surface area contributed by atoms with Gasteiger partial charge in [-0.2, -0.15) is 4.98 Å². The third kappa shape index (κ3) is 4.31. The summed E-state index contributed by atoms with van der Waals surface area (Å²) < 4.78 is 5.41. The molecule has 2 aromatic heterocycles. The molecule has 7 nitrogen and oxygen atoms in total. The van der Waals surface area contributed by atoms with E-state index in [4.69, 9.17) is 16.1 Å². The van der Waals surface area contributed by atoms with Crippen LogP contribution in [0.2, 0.25) is 5.02 Å². The standard InChI is InChI=1S/C20H20ClN5O2/c21-17-5-3-15(4-6-17)18-24-20(28-25-18)26-10-7-16(8-11-26)19(27)23-13-14-2-1-9-22-12-14/h1-6,9,12,16H,7-8,10-11,13H2,(H,23,27). The number of hydrogen-bond donors (Lipinski definition) is 1. The van der Waals surface area contributed by atoms with Gasteiger partial charge >= 0.3 is 6.01 Å². The number of hydrogen-bond acceptors (Lipinski definition) is 6. The molecule has 1 fully saturated rings. The van der Waals surface area contributed by atoms with Crippen LogP contribution in [0.15, 0.2) is 53.3 Å². The molecule has 144 valence electrons. The van der Waals surface area contributed by atoms with Crippen molar-refractivity contribution in [3.05, 3.63) is 59.4 Å². The van der Waals surface area contributed by atoms with E-state index in [9.17, 15) is 4.79 Å². The van der Waals surface area contributed by atoms with E-state index in [0.717, 1.165) is 24.0 Å². The first-order chi connectivity index (χ1) is 13.7. The highest BCUT2D eigenvalue weighted by molar-refractivity contribution is 6.30. The zero-order valence-corrected chi connectivity index (χ0v) is 16.0. The van der Waals surface area contributed by atoms with Crippen molar-refractivity contribution in [2.24, 2.45) is 5.92 Å². The number of nitrogens with zero attached hydrogens (tertiary/aromatic N) is 4. The summed E-state index contributed by atoms with van der Waals surface area (Å²) in [5, 5.41) is 7.71. The normalized spacial score (nSPS) is 14.8. The maximum absolute atomic E-state index is 12.4. The number of carbonyl (C=O) groups excluding carboxylic acids is 1. The van der Waals surface area contributed by atoms with Gasteiger partial charge in [-0.3, -0.25) is 9.78 Å². The van der Waals surface area contributed by atoms with Crippen LogP contribution < -0.4 is 10.2 Å². The van der Waals surface area contributed by atoms with E-state index in [0.29, 0.717) is 36.5 Å². The monoisotopic (exact) mass is 397 g/mol. The van der Waals surface area contributed by atoms with Gasteiger partial charge in [0.2, 0.25) is 11.7 Å². The summed E-state index contributed by atoms with van der Waals surface area (Å²) in [4.78, 5) is 23.0. The van der Waals surface area contributed by atoms with Crippen molar-refractivity contribution in [3.8, 4) is 11.4 Å². The highest BCUT2D eigenvalue weighted by atomic mass is 35.5. The maximum atomic E-state index is 12.4. The Balaban J connectivity index is 1.30. The molecule has 4 rings (SSSR count). The number of nitrogens with one attached hydrogen (secondary N) is 1. The minimum absolute atomic E-state index is 0.00780. The fraction of sp³-hybridized carbons (Fsp3) is 0.300. The quantitative estimate of drug-likeness (QED) is 0.711. The number of piperidine rings is 1. The fourth-order valence-corrected chi connectivity index (χ4v) is 3.36. The van der Waals surface area contributed by atoms with Crippen molar-refractivity contribution in [1.29, 1.82) is 0 Å². The largest absolute Gasteiger partial charge is 0.352 e. The molecular formula is C20H20ClN5O2. The molecule has 0 radical (unpaired) electrons. The smallest absolute Gasteiger partial charge is 0.324 e. The van der Waals surface area contributed by atoms with Gasteiger partial charge in [-0.15, -0.1) is 0 Å². The van der Waals surface area contributed by atoms with Crippen LogP contribution in [0.4, 0.5) is 6.01 Å². The molecule has 0 bridgehead atoms. The van der Waals surface area contributed by atoms with Gasteiger partial charge in [0.25, 0.3) is 0 Å². The molecular weight excluding hydrogens is 378 g/mol. The van der Waals surface area contributed by atoms with E-state index >= 15 is 0 Å². The summed E-state index contributed by atoms with van der Waals surface area (Å²) in [6, 6.07) is 11.6. The Kier molecular flexibility index (Phi) is 5.53. The molecule has 0 saturated carbocycles. The van der Waals surface area contributed by atoms with Crippen LogP contribution in [0.1, 0.15) is 18.4 Å². The summed E-state index contributed by atoms with van der Waals surface area (Å²) in [7, 11) is 0. The Morgan fingerprint density at radius 1 is 1.21 bits per heavy atom. The van der Waals surface area contributed by atoms with E-state index in [1.165, 1.54) is 0 Å². The van der Waals surface area contributed by atoms with Crippen molar-refractivity contribution in [1.82, 2.24) is 20.4 Å². The van der Waals surface area contributed by atoms with Gasteiger partial charge in [0.15, 0.2) is 0 Å². The van der Waals surface area contributed by atoms with Gasteiger partial charge in [0.1, 0.15) is 0 Å². The number of pyridine rings is 1. The number of benzene rings is 1. The van der Waals surface area contributed by atoms with Crippen LogP contribution in [0.25, 0.3) is 11.4 Å². The molecule has 1 amide bonds. The van der Waals surface area contributed by atoms with Crippen LogP contribution in [-0.2, 0) is 11.3 Å². The molecule has 1 aromatic carbocycles. The molecule has 8 heteroatoms. The summed E-state index contributed by atoms with van der Waals surface area (Å²) in [5.74, 6) is 0.602. The number of carbonyl (C=O) groups is 1. The lowest BCUT2D eigenvalue weighted by Crippen LogP contribution is -2.40. The number of anilines is 1. The average Bonchev–Trinajstić information content (AvgIpc) is 3.24. The van der Waals surface area contributed by atoms with Gasteiger partial charge in [-0.25, -0.2) is 0 Å². The van der Waals surface area contributed by atoms with E-state index in [1.54, 1.807) is 24.5 Å². The van der Waals surface area contributed by atoms with Gasteiger partial charge in [-0.05, 0) is 48.7 Å². The zero-order valence-electron chi connectivity index (χ0n) is 15.2. The Morgan fingerprint density at radius 2 is 2.00 bits per heavy atom. The lowest BCUT2D eigenvalue weighted by atomic mass is 9.96. The molecule has 1 aliphatic rings. The molecule has 0 atom stereocenters. The third-order valence-electron chi connectivity index (χ3n) is 4.84. The summed E-state index contributed by atoms with van der Waals surface area (Å²) in [6.07, 6.45) is 4.97. The van der Waals surface area contributed by atoms with Gasteiger partial charge in [0, 0.05) is 48.5 Å². The molecule has 0 spiro atoms. The second-order valence-electron chi connectivity index (χ2n) is 6.75. The fourth-order valence-electron chi connectivity index (χ4n) is 3.23. The third-order valence-corrected chi connectivity index (χ3v) is 5.10. The zero-order chi connectivity index (χ0) is 19.3. The summed E-state index contributed by atoms with van der Waals surface area (Å²) in [6.45, 7) is 1.90. The summed E-state index contributed by atoms with van der Waals surface area (Å²) in [5.41, 5.74) is 1.85. The number of amides is 1. The first-order valence-electron chi connectivity index (χ1n) is 9.20. The Morgan fingerprint density at radius 3 is 2.71 bits per heavy atom. The number of halogens is 1. The van der Waals surface area contributed by atoms with Gasteiger partial charge in [0.05, 0.1) is 0 Å². The molecule has 0 unspecified atom stereocenters. The summed E-state index contributed by atoms with van der Waals surface area (Å²) >= 11 is 5.91. The van der Waals surface area contributed by atoms with E-state index in [1.807, 2.05) is 29.2 Å². The predicted octanol–water partition coefficient (Wildman–Crippen LogP) is 3.32. The average molecular weight is 398 g/mol. The predicted molar refractivity (Wildman–Crippen MR) is 106 cm³/mol. The van der Waals surface area contributed by atoms with Gasteiger partial charge in [-0.1, -0.05) is 22.8 Å². The van der Waals surface area contributed by atoms with Crippen molar-refractivity contribution in [3.63, 3.8) is 0 Å². The first-order valence-corrected chi connectivity index (χ1v) is 9.58. The Labute approximate surface area is 167 Å². The van der Waals surface area contributed by atoms with E-state index in [-0.39, 0.29) is 11.8 Å². The molecule has 1 N–H and O–H groups in total. The molecule has 0 aliphatic carbocycles. The van der Waals surface area contributed by atoms with Crippen LogP contribution in [0, 0.1) is 5.92 Å². The maximum Gasteiger partial charge on any atom is 0.324 e. The Hall–Kier alpha value is -2.93. The number of aromatic nitrogens is 3. The van der Waals surface area contributed by atoms with Crippen LogP contribution >= 0.6 is 11.6 Å². The molecule has 28 heavy (non-hydrogen) atoms. The van der Waals surface area contributed by atoms with Gasteiger partial charge < -0.3 is 14.7 Å². The van der Waals surface area contributed by atoms with Crippen molar-refractivity contribution < 1.29 is 9.32 Å². The van der Waals surface area contributed by atoms with Crippen molar-refractivity contribution in [2.75, 3.05) is 18.0 Å². The van der Waals surface area contributed by atoms with Crippen molar-refractivity contribution >= 4 is 23.5 Å². The van der Waals surface area contributed by atoms with E-state index < -0.39 is 0 Å². The SMILES string of the molecule is O=C(NCc1cccnc1)C1CCN(c2nc(-c3ccc(Cl)cc3)no2)CC1. The molecule has 1 saturated heterocycles. The highest BCUT2D eigenvalue weighted by Gasteiger charge is 2.27. The topological polar surface area (TPSA) is 84.2 Å². The van der Waals surface area contributed by atoms with Crippen LogP contribution in [0.3, 0.4) is 0 Å². The number of rotatable bonds is 5. The lowest BCUT2D eigenvalue weighted by Gasteiger charge is -2.29. The first kappa shape index (κ1) is 18.4. The second-order valence-corrected chi connectivity index (χ2v) is 7.18. The Bertz CT molecular complexity index is 921. The molecule has 3 aromatic rings. The minimum Gasteiger partial charge on any atom is -0.352 e. The van der Waals surface area contributed by atoms with Crippen LogP contribution in [0.5, 0.6) is 0 Å². The molecule has 1 aliphatic heterocycles. The second kappa shape index (κ2) is 8.39. The van der Waals surface area contributed by atoms with Crippen LogP contribution in [-0.4, -0.2) is 34.1 Å². The highest BCUT2D eigenvalue weighted by Crippen LogP contribution is 2.25. The van der Waals surface area contributed by atoms with E-state index in [2.05, 4.69) is 20.4 Å².